The second-order valence-electron chi connectivity index (χ2n) is 4.63. The van der Waals surface area contributed by atoms with Gasteiger partial charge in [-0.05, 0) is 19.8 Å². The summed E-state index contributed by atoms with van der Waals surface area (Å²) in [5.74, 6) is 0. The second-order valence-corrected chi connectivity index (χ2v) is 7.08. The molecule has 0 amide bonds. The number of hydrogen-bond donors (Lipinski definition) is 3. The Balaban J connectivity index is 1.85. The molecule has 1 aliphatic rings. The first-order valence-electron chi connectivity index (χ1n) is 6.12. The average molecular weight is 314 g/mol. The van der Waals surface area contributed by atoms with Crippen molar-refractivity contribution in [3.05, 3.63) is 16.9 Å². The second kappa shape index (κ2) is 5.11. The van der Waals surface area contributed by atoms with E-state index in [1.807, 2.05) is 0 Å². The van der Waals surface area contributed by atoms with E-state index >= 15 is 0 Å². The molecule has 0 bridgehead atoms. The van der Waals surface area contributed by atoms with E-state index in [9.17, 15) is 8.42 Å². The maximum Gasteiger partial charge on any atom is 0.267 e. The molecule has 8 nitrogen and oxygen atoms in total. The number of hydrogen-bond acceptors (Lipinski definition) is 7. The number of aromatic nitrogens is 4. The van der Waals surface area contributed by atoms with Crippen LogP contribution in [0.15, 0.2) is 10.4 Å². The van der Waals surface area contributed by atoms with E-state index in [0.29, 0.717) is 24.0 Å². The Morgan fingerprint density at radius 2 is 2.30 bits per heavy atom. The van der Waals surface area contributed by atoms with E-state index < -0.39 is 10.0 Å². The molecule has 0 unspecified atom stereocenters. The normalized spacial score (nSPS) is 15.4. The van der Waals surface area contributed by atoms with E-state index in [4.69, 9.17) is 0 Å². The number of sulfonamides is 1. The molecule has 10 heteroatoms. The summed E-state index contributed by atoms with van der Waals surface area (Å²) in [5.41, 5.74) is 2.47. The van der Waals surface area contributed by atoms with Crippen molar-refractivity contribution in [1.82, 2.24) is 25.7 Å². The maximum absolute atomic E-state index is 12.4. The lowest BCUT2D eigenvalue weighted by Gasteiger charge is -2.07. The molecule has 3 rings (SSSR count). The van der Waals surface area contributed by atoms with Crippen molar-refractivity contribution < 1.29 is 8.42 Å². The lowest BCUT2D eigenvalue weighted by atomic mass is 10.3. The number of H-pyrrole nitrogens is 1. The Labute approximate surface area is 120 Å². The van der Waals surface area contributed by atoms with Crippen LogP contribution < -0.4 is 10.0 Å². The summed E-state index contributed by atoms with van der Waals surface area (Å²) in [4.78, 5) is 0.181. The van der Waals surface area contributed by atoms with Gasteiger partial charge in [-0.2, -0.15) is 5.10 Å². The van der Waals surface area contributed by atoms with E-state index in [2.05, 4.69) is 30.4 Å². The predicted molar refractivity (Wildman–Crippen MR) is 73.9 cm³/mol. The van der Waals surface area contributed by atoms with Gasteiger partial charge in [0.15, 0.2) is 0 Å². The monoisotopic (exact) mass is 314 g/mol. The molecule has 108 valence electrons. The minimum Gasteiger partial charge on any atom is -0.308 e. The highest BCUT2D eigenvalue weighted by Gasteiger charge is 2.27. The SMILES string of the molecule is Cc1[nH]nc(CNC2CC2)c1S(=O)(=O)Nc1nncs1. The third-order valence-electron chi connectivity index (χ3n) is 2.95. The summed E-state index contributed by atoms with van der Waals surface area (Å²) in [5, 5.41) is 17.6. The van der Waals surface area contributed by atoms with Crippen LogP contribution in [-0.4, -0.2) is 34.9 Å². The molecular formula is C10H14N6O2S2. The van der Waals surface area contributed by atoms with E-state index in [1.54, 1.807) is 6.92 Å². The number of nitrogens with one attached hydrogen (secondary N) is 3. The van der Waals surface area contributed by atoms with E-state index in [-0.39, 0.29) is 10.0 Å². The van der Waals surface area contributed by atoms with Crippen LogP contribution in [0.3, 0.4) is 0 Å². The fraction of sp³-hybridized carbons (Fsp3) is 0.500. The molecule has 0 atom stereocenters. The maximum atomic E-state index is 12.4. The van der Waals surface area contributed by atoms with Crippen molar-refractivity contribution in [3.63, 3.8) is 0 Å². The largest absolute Gasteiger partial charge is 0.308 e. The molecule has 2 aromatic rings. The predicted octanol–water partition coefficient (Wildman–Crippen LogP) is 0.622. The highest BCUT2D eigenvalue weighted by atomic mass is 32.2. The summed E-state index contributed by atoms with van der Waals surface area (Å²) < 4.78 is 27.2. The fourth-order valence-electron chi connectivity index (χ4n) is 1.86. The molecule has 0 aromatic carbocycles. The van der Waals surface area contributed by atoms with Crippen LogP contribution in [0.4, 0.5) is 5.13 Å². The summed E-state index contributed by atoms with van der Waals surface area (Å²) >= 11 is 1.13. The Bertz CT molecular complexity index is 689. The minimum absolute atomic E-state index is 0.181. The number of anilines is 1. The number of rotatable bonds is 6. The Hall–Kier alpha value is -1.52. The molecule has 0 radical (unpaired) electrons. The molecular weight excluding hydrogens is 300 g/mol. The number of aromatic amines is 1. The molecule has 3 N–H and O–H groups in total. The zero-order valence-electron chi connectivity index (χ0n) is 10.8. The molecule has 1 aliphatic carbocycles. The van der Waals surface area contributed by atoms with Crippen molar-refractivity contribution in [2.45, 2.75) is 37.2 Å². The van der Waals surface area contributed by atoms with Crippen LogP contribution in [0, 0.1) is 6.92 Å². The summed E-state index contributed by atoms with van der Waals surface area (Å²) in [6.45, 7) is 2.11. The zero-order chi connectivity index (χ0) is 14.2. The van der Waals surface area contributed by atoms with E-state index in [1.165, 1.54) is 5.51 Å². The topological polar surface area (TPSA) is 113 Å². The lowest BCUT2D eigenvalue weighted by Crippen LogP contribution is -2.20. The van der Waals surface area contributed by atoms with Gasteiger partial charge >= 0.3 is 0 Å². The molecule has 2 heterocycles. The molecule has 2 aromatic heterocycles. The number of aryl methyl sites for hydroxylation is 1. The van der Waals surface area contributed by atoms with Crippen LogP contribution in [0.25, 0.3) is 0 Å². The van der Waals surface area contributed by atoms with Crippen LogP contribution in [0.2, 0.25) is 0 Å². The first kappa shape index (κ1) is 13.5. The van der Waals surface area contributed by atoms with E-state index in [0.717, 1.165) is 24.2 Å². The molecule has 0 aliphatic heterocycles. The highest BCUT2D eigenvalue weighted by Crippen LogP contribution is 2.24. The van der Waals surface area contributed by atoms with Crippen LogP contribution in [-0.2, 0) is 16.6 Å². The summed E-state index contributed by atoms with van der Waals surface area (Å²) in [7, 11) is -3.70. The van der Waals surface area contributed by atoms with Gasteiger partial charge in [-0.25, -0.2) is 8.42 Å². The number of nitrogens with zero attached hydrogens (tertiary/aromatic N) is 3. The van der Waals surface area contributed by atoms with Crippen molar-refractivity contribution in [3.8, 4) is 0 Å². The first-order valence-corrected chi connectivity index (χ1v) is 8.49. The average Bonchev–Trinajstić information content (AvgIpc) is 2.94. The lowest BCUT2D eigenvalue weighted by molar-refractivity contribution is 0.596. The summed E-state index contributed by atoms with van der Waals surface area (Å²) in [6, 6.07) is 0.485. The highest BCUT2D eigenvalue weighted by molar-refractivity contribution is 7.93. The molecule has 20 heavy (non-hydrogen) atoms. The quantitative estimate of drug-likeness (QED) is 0.720. The van der Waals surface area contributed by atoms with Gasteiger partial charge in [0.2, 0.25) is 5.13 Å². The van der Waals surface area contributed by atoms with Crippen molar-refractivity contribution in [2.24, 2.45) is 0 Å². The smallest absolute Gasteiger partial charge is 0.267 e. The first-order chi connectivity index (χ1) is 9.56. The van der Waals surface area contributed by atoms with Crippen LogP contribution in [0.1, 0.15) is 24.2 Å². The fourth-order valence-corrected chi connectivity index (χ4v) is 3.92. The van der Waals surface area contributed by atoms with Crippen molar-refractivity contribution in [1.29, 1.82) is 0 Å². The Morgan fingerprint density at radius 3 is 2.95 bits per heavy atom. The van der Waals surface area contributed by atoms with Crippen molar-refractivity contribution >= 4 is 26.5 Å². The van der Waals surface area contributed by atoms with Gasteiger partial charge in [0.1, 0.15) is 10.4 Å². The van der Waals surface area contributed by atoms with Gasteiger partial charge in [-0.1, -0.05) is 11.3 Å². The van der Waals surface area contributed by atoms with Gasteiger partial charge in [-0.15, -0.1) is 10.2 Å². The standard InChI is InChI=1S/C10H14N6O2S2/c1-6-9(8(14-13-6)4-11-7-2-3-7)20(17,18)16-10-15-12-5-19-10/h5,7,11H,2-4H2,1H3,(H,13,14)(H,15,16). The molecule has 0 spiro atoms. The molecule has 0 saturated heterocycles. The minimum atomic E-state index is -3.70. The third kappa shape index (κ3) is 2.81. The molecule has 1 saturated carbocycles. The van der Waals surface area contributed by atoms with Crippen molar-refractivity contribution in [2.75, 3.05) is 4.72 Å². The Morgan fingerprint density at radius 1 is 1.50 bits per heavy atom. The van der Waals surface area contributed by atoms with Gasteiger partial charge < -0.3 is 5.32 Å². The van der Waals surface area contributed by atoms with Gasteiger partial charge in [-0.3, -0.25) is 9.82 Å². The van der Waals surface area contributed by atoms with Gasteiger partial charge in [0.25, 0.3) is 10.0 Å². The van der Waals surface area contributed by atoms with Gasteiger partial charge in [0, 0.05) is 12.6 Å². The Kier molecular flexibility index (Phi) is 3.44. The zero-order valence-corrected chi connectivity index (χ0v) is 12.4. The summed E-state index contributed by atoms with van der Waals surface area (Å²) in [6.07, 6.45) is 2.27. The van der Waals surface area contributed by atoms with Crippen LogP contribution in [0.5, 0.6) is 0 Å². The van der Waals surface area contributed by atoms with Crippen LogP contribution >= 0.6 is 11.3 Å². The van der Waals surface area contributed by atoms with Gasteiger partial charge in [0.05, 0.1) is 11.4 Å². The third-order valence-corrected chi connectivity index (χ3v) is 5.22. The molecule has 1 fully saturated rings.